The SMILES string of the molecule is CNC(=O)c1cc(Cl)cc(CN=C/C=C(\N)c2cc(-c3ccc(F)cc3)ncc2CNC(=O)OC)c1. The van der Waals surface area contributed by atoms with Crippen LogP contribution in [0.5, 0.6) is 0 Å². The van der Waals surface area contributed by atoms with Gasteiger partial charge in [-0.05, 0) is 65.7 Å². The Kier molecular flexibility index (Phi) is 9.13. The van der Waals surface area contributed by atoms with Crippen molar-refractivity contribution in [1.29, 1.82) is 0 Å². The highest BCUT2D eigenvalue weighted by atomic mass is 35.5. The second kappa shape index (κ2) is 12.5. The van der Waals surface area contributed by atoms with Gasteiger partial charge in [0.05, 0.1) is 19.3 Å². The quantitative estimate of drug-likeness (QED) is 0.391. The van der Waals surface area contributed by atoms with E-state index in [2.05, 4.69) is 25.3 Å². The molecule has 4 N–H and O–H groups in total. The summed E-state index contributed by atoms with van der Waals surface area (Å²) in [6.07, 6.45) is 4.17. The van der Waals surface area contributed by atoms with Gasteiger partial charge in [0.2, 0.25) is 0 Å². The number of nitrogens with two attached hydrogens (primary N) is 1. The maximum absolute atomic E-state index is 13.3. The fourth-order valence-electron chi connectivity index (χ4n) is 3.31. The number of benzene rings is 2. The molecule has 0 bridgehead atoms. The number of carbonyl (C=O) groups excluding carboxylic acids is 2. The van der Waals surface area contributed by atoms with Gasteiger partial charge in [-0.2, -0.15) is 0 Å². The van der Waals surface area contributed by atoms with Gasteiger partial charge in [-0.15, -0.1) is 0 Å². The van der Waals surface area contributed by atoms with Crippen molar-refractivity contribution in [2.45, 2.75) is 13.1 Å². The zero-order chi connectivity index (χ0) is 26.1. The molecule has 0 aliphatic carbocycles. The third-order valence-corrected chi connectivity index (χ3v) is 5.34. The first-order chi connectivity index (χ1) is 17.3. The van der Waals surface area contributed by atoms with Crippen molar-refractivity contribution >= 4 is 35.5 Å². The number of aliphatic imine (C=N–C) groups is 1. The van der Waals surface area contributed by atoms with Crippen LogP contribution in [-0.4, -0.2) is 37.4 Å². The number of ether oxygens (including phenoxy) is 1. The van der Waals surface area contributed by atoms with Gasteiger partial charge in [-0.1, -0.05) is 11.6 Å². The molecule has 0 spiro atoms. The zero-order valence-electron chi connectivity index (χ0n) is 19.7. The van der Waals surface area contributed by atoms with E-state index in [9.17, 15) is 14.0 Å². The lowest BCUT2D eigenvalue weighted by Gasteiger charge is -2.12. The van der Waals surface area contributed by atoms with E-state index in [0.29, 0.717) is 38.7 Å². The summed E-state index contributed by atoms with van der Waals surface area (Å²) in [6, 6.07) is 12.7. The van der Waals surface area contributed by atoms with E-state index >= 15 is 0 Å². The Bertz CT molecular complexity index is 1310. The van der Waals surface area contributed by atoms with E-state index in [-0.39, 0.29) is 24.8 Å². The number of hydrogen-bond donors (Lipinski definition) is 3. The Morgan fingerprint density at radius 3 is 2.64 bits per heavy atom. The molecule has 3 aromatic rings. The Labute approximate surface area is 213 Å². The minimum Gasteiger partial charge on any atom is -0.453 e. The highest BCUT2D eigenvalue weighted by Gasteiger charge is 2.11. The van der Waals surface area contributed by atoms with Gasteiger partial charge in [-0.25, -0.2) is 9.18 Å². The molecular formula is C26H25ClFN5O3. The van der Waals surface area contributed by atoms with Gasteiger partial charge >= 0.3 is 6.09 Å². The Hall–Kier alpha value is -4.24. The Balaban J connectivity index is 1.85. The first-order valence-corrected chi connectivity index (χ1v) is 11.2. The number of allylic oxidation sites excluding steroid dienone is 1. The summed E-state index contributed by atoms with van der Waals surface area (Å²) in [5, 5.41) is 5.61. The molecule has 8 nitrogen and oxygen atoms in total. The van der Waals surface area contributed by atoms with Crippen molar-refractivity contribution in [2.24, 2.45) is 10.7 Å². The maximum Gasteiger partial charge on any atom is 0.407 e. The van der Waals surface area contributed by atoms with Crippen molar-refractivity contribution in [2.75, 3.05) is 14.2 Å². The number of halogens is 2. The van der Waals surface area contributed by atoms with Crippen molar-refractivity contribution in [3.05, 3.63) is 93.9 Å². The minimum absolute atomic E-state index is 0.134. The topological polar surface area (TPSA) is 119 Å². The van der Waals surface area contributed by atoms with Gasteiger partial charge in [-0.3, -0.25) is 14.8 Å². The molecule has 0 atom stereocenters. The van der Waals surface area contributed by atoms with Gasteiger partial charge < -0.3 is 21.1 Å². The van der Waals surface area contributed by atoms with Crippen LogP contribution in [0.25, 0.3) is 17.0 Å². The van der Waals surface area contributed by atoms with Crippen molar-refractivity contribution in [1.82, 2.24) is 15.6 Å². The van der Waals surface area contributed by atoms with Crippen LogP contribution >= 0.6 is 11.6 Å². The summed E-state index contributed by atoms with van der Waals surface area (Å²) < 4.78 is 18.0. The van der Waals surface area contributed by atoms with E-state index in [1.807, 2.05) is 0 Å². The molecule has 3 rings (SSSR count). The van der Waals surface area contributed by atoms with E-state index in [4.69, 9.17) is 17.3 Å². The fraction of sp³-hybridized carbons (Fsp3) is 0.154. The number of aromatic nitrogens is 1. The third-order valence-electron chi connectivity index (χ3n) is 5.13. The predicted octanol–water partition coefficient (Wildman–Crippen LogP) is 4.33. The van der Waals surface area contributed by atoms with Crippen LogP contribution in [0, 0.1) is 5.82 Å². The highest BCUT2D eigenvalue weighted by molar-refractivity contribution is 6.31. The molecule has 2 amide bonds. The van der Waals surface area contributed by atoms with E-state index in [1.54, 1.807) is 61.9 Å². The summed E-state index contributed by atoms with van der Waals surface area (Å²) in [5.41, 5.74) is 10.5. The maximum atomic E-state index is 13.3. The number of rotatable bonds is 8. The monoisotopic (exact) mass is 509 g/mol. The first kappa shape index (κ1) is 26.4. The largest absolute Gasteiger partial charge is 0.453 e. The number of methoxy groups -OCH3 is 1. The first-order valence-electron chi connectivity index (χ1n) is 10.8. The molecule has 1 aromatic heterocycles. The number of carbonyl (C=O) groups is 2. The summed E-state index contributed by atoms with van der Waals surface area (Å²) in [6.45, 7) is 0.414. The van der Waals surface area contributed by atoms with Crippen LogP contribution in [0.3, 0.4) is 0 Å². The molecule has 36 heavy (non-hydrogen) atoms. The summed E-state index contributed by atoms with van der Waals surface area (Å²) in [7, 11) is 2.82. The van der Waals surface area contributed by atoms with Crippen molar-refractivity contribution < 1.29 is 18.7 Å². The second-order valence-corrected chi connectivity index (χ2v) is 8.05. The van der Waals surface area contributed by atoms with E-state index in [1.165, 1.54) is 19.2 Å². The van der Waals surface area contributed by atoms with Crippen molar-refractivity contribution in [3.63, 3.8) is 0 Å². The lowest BCUT2D eigenvalue weighted by molar-refractivity contribution is 0.0963. The van der Waals surface area contributed by atoms with Crippen LogP contribution in [0.1, 0.15) is 27.0 Å². The predicted molar refractivity (Wildman–Crippen MR) is 138 cm³/mol. The van der Waals surface area contributed by atoms with Crippen LogP contribution in [0.2, 0.25) is 5.02 Å². The molecule has 0 aliphatic heterocycles. The standard InChI is InChI=1S/C26H25ClFN5O3/c1-30-25(34)18-9-16(10-20(27)11-18)13-31-8-7-23(29)22-12-24(17-3-5-21(28)6-4-17)32-14-19(22)15-33-26(35)36-2/h3-12,14H,13,15,29H2,1-2H3,(H,30,34)(H,33,35)/b23-7-,31-8?. The molecule has 0 saturated carbocycles. The average molecular weight is 510 g/mol. The average Bonchev–Trinajstić information content (AvgIpc) is 2.89. The summed E-state index contributed by atoms with van der Waals surface area (Å²) >= 11 is 6.12. The van der Waals surface area contributed by atoms with Crippen molar-refractivity contribution in [3.8, 4) is 11.3 Å². The van der Waals surface area contributed by atoms with Crippen LogP contribution in [0.15, 0.2) is 65.8 Å². The number of hydrogen-bond acceptors (Lipinski definition) is 6. The normalized spacial score (nSPS) is 11.4. The number of amides is 2. The molecule has 0 radical (unpaired) electrons. The third kappa shape index (κ3) is 7.13. The van der Waals surface area contributed by atoms with Gasteiger partial charge in [0.25, 0.3) is 5.91 Å². The number of nitrogens with zero attached hydrogens (tertiary/aromatic N) is 2. The lowest BCUT2D eigenvalue weighted by Crippen LogP contribution is -2.23. The number of pyridine rings is 1. The Morgan fingerprint density at radius 1 is 1.19 bits per heavy atom. The molecule has 0 saturated heterocycles. The molecule has 1 heterocycles. The zero-order valence-corrected chi connectivity index (χ0v) is 20.5. The fourth-order valence-corrected chi connectivity index (χ4v) is 3.57. The lowest BCUT2D eigenvalue weighted by atomic mass is 10.0. The smallest absolute Gasteiger partial charge is 0.407 e. The van der Waals surface area contributed by atoms with Crippen LogP contribution in [0.4, 0.5) is 9.18 Å². The number of nitrogens with one attached hydrogen (secondary N) is 2. The van der Waals surface area contributed by atoms with Gasteiger partial charge in [0, 0.05) is 53.4 Å². The van der Waals surface area contributed by atoms with Gasteiger partial charge in [0.15, 0.2) is 0 Å². The molecular weight excluding hydrogens is 485 g/mol. The highest BCUT2D eigenvalue weighted by Crippen LogP contribution is 2.23. The van der Waals surface area contributed by atoms with E-state index in [0.717, 1.165) is 5.56 Å². The summed E-state index contributed by atoms with van der Waals surface area (Å²) in [4.78, 5) is 32.2. The van der Waals surface area contributed by atoms with Crippen LogP contribution < -0.4 is 16.4 Å². The van der Waals surface area contributed by atoms with E-state index < -0.39 is 6.09 Å². The molecule has 2 aromatic carbocycles. The molecule has 186 valence electrons. The number of alkyl carbamates (subject to hydrolysis) is 1. The summed E-state index contributed by atoms with van der Waals surface area (Å²) in [5.74, 6) is -0.592. The minimum atomic E-state index is -0.592. The van der Waals surface area contributed by atoms with Crippen LogP contribution in [-0.2, 0) is 17.8 Å². The molecule has 0 unspecified atom stereocenters. The molecule has 10 heteroatoms. The van der Waals surface area contributed by atoms with Gasteiger partial charge in [0.1, 0.15) is 5.82 Å². The second-order valence-electron chi connectivity index (χ2n) is 7.62. The molecule has 0 fully saturated rings. The molecule has 0 aliphatic rings. The Morgan fingerprint density at radius 2 is 1.94 bits per heavy atom.